The average Bonchev–Trinajstić information content (AvgIpc) is 2.59. The quantitative estimate of drug-likeness (QED) is 0.848. The second-order valence-electron chi connectivity index (χ2n) is 4.53. The molecule has 2 aromatic rings. The normalized spacial score (nSPS) is 14.4. The van der Waals surface area contributed by atoms with Crippen LogP contribution in [0.15, 0.2) is 30.5 Å². The summed E-state index contributed by atoms with van der Waals surface area (Å²) in [4.78, 5) is 21.5. The third-order valence-corrected chi connectivity index (χ3v) is 3.24. The summed E-state index contributed by atoms with van der Waals surface area (Å²) < 4.78 is 5.58. The lowest BCUT2D eigenvalue weighted by molar-refractivity contribution is -0.118. The van der Waals surface area contributed by atoms with E-state index in [9.17, 15) is 4.79 Å². The molecule has 1 aliphatic heterocycles. The van der Waals surface area contributed by atoms with Gasteiger partial charge in [0.05, 0.1) is 24.4 Å². The van der Waals surface area contributed by atoms with Crippen LogP contribution in [0, 0.1) is 0 Å². The molecule has 0 bridgehead atoms. The molecule has 102 valence electrons. The summed E-state index contributed by atoms with van der Waals surface area (Å²) >= 11 is 0. The summed E-state index contributed by atoms with van der Waals surface area (Å²) in [5.41, 5.74) is 7.91. The molecule has 3 rings (SSSR count). The third kappa shape index (κ3) is 2.16. The van der Waals surface area contributed by atoms with E-state index >= 15 is 0 Å². The molecule has 1 amide bonds. The lowest BCUT2D eigenvalue weighted by Crippen LogP contribution is -2.25. The first-order valence-corrected chi connectivity index (χ1v) is 6.27. The highest BCUT2D eigenvalue weighted by Crippen LogP contribution is 2.34. The van der Waals surface area contributed by atoms with E-state index in [1.54, 1.807) is 24.2 Å². The van der Waals surface area contributed by atoms with Crippen LogP contribution in [-0.2, 0) is 4.79 Å². The van der Waals surface area contributed by atoms with Crippen molar-refractivity contribution in [1.82, 2.24) is 9.97 Å². The van der Waals surface area contributed by atoms with Crippen LogP contribution >= 0.6 is 0 Å². The van der Waals surface area contributed by atoms with Gasteiger partial charge < -0.3 is 15.4 Å². The van der Waals surface area contributed by atoms with Gasteiger partial charge in [0.1, 0.15) is 5.75 Å². The smallest absolute Gasteiger partial charge is 0.230 e. The summed E-state index contributed by atoms with van der Waals surface area (Å²) in [5.74, 6) is 0.949. The fraction of sp³-hybridized carbons (Fsp3) is 0.214. The van der Waals surface area contributed by atoms with Crippen molar-refractivity contribution in [3.05, 3.63) is 30.5 Å². The van der Waals surface area contributed by atoms with Gasteiger partial charge in [-0.1, -0.05) is 0 Å². The van der Waals surface area contributed by atoms with Gasteiger partial charge in [-0.15, -0.1) is 0 Å². The van der Waals surface area contributed by atoms with E-state index < -0.39 is 0 Å². The van der Waals surface area contributed by atoms with Crippen molar-refractivity contribution >= 4 is 17.5 Å². The number of nitrogens with zero attached hydrogens (tertiary/aromatic N) is 3. The lowest BCUT2D eigenvalue weighted by Gasteiger charge is -2.17. The van der Waals surface area contributed by atoms with Crippen molar-refractivity contribution in [3.63, 3.8) is 0 Å². The molecule has 0 saturated carbocycles. The highest BCUT2D eigenvalue weighted by molar-refractivity contribution is 5.95. The number of carbonyl (C=O) groups is 1. The Kier molecular flexibility index (Phi) is 2.98. The second-order valence-corrected chi connectivity index (χ2v) is 4.53. The number of hydrogen-bond donors (Lipinski definition) is 1. The van der Waals surface area contributed by atoms with Crippen LogP contribution in [0.5, 0.6) is 5.75 Å². The van der Waals surface area contributed by atoms with E-state index in [2.05, 4.69) is 9.97 Å². The van der Waals surface area contributed by atoms with Gasteiger partial charge >= 0.3 is 0 Å². The maximum absolute atomic E-state index is 11.9. The van der Waals surface area contributed by atoms with E-state index in [-0.39, 0.29) is 11.9 Å². The SMILES string of the molecule is CN1C(=O)CCOc2ccc(-c3ccnc(N)n3)cc21. The Labute approximate surface area is 116 Å². The van der Waals surface area contributed by atoms with Crippen molar-refractivity contribution in [2.75, 3.05) is 24.3 Å². The maximum atomic E-state index is 11.9. The monoisotopic (exact) mass is 270 g/mol. The van der Waals surface area contributed by atoms with E-state index in [1.807, 2.05) is 18.2 Å². The van der Waals surface area contributed by atoms with Gasteiger partial charge in [-0.2, -0.15) is 0 Å². The molecule has 0 saturated heterocycles. The van der Waals surface area contributed by atoms with Crippen molar-refractivity contribution in [3.8, 4) is 17.0 Å². The first kappa shape index (κ1) is 12.4. The van der Waals surface area contributed by atoms with Gasteiger partial charge in [0.15, 0.2) is 0 Å². The van der Waals surface area contributed by atoms with Crippen LogP contribution in [0.4, 0.5) is 11.6 Å². The molecule has 0 radical (unpaired) electrons. The molecule has 0 aliphatic carbocycles. The Morgan fingerprint density at radius 3 is 3.00 bits per heavy atom. The Morgan fingerprint density at radius 1 is 1.35 bits per heavy atom. The number of amides is 1. The fourth-order valence-electron chi connectivity index (χ4n) is 2.15. The van der Waals surface area contributed by atoms with E-state index in [0.717, 1.165) is 11.3 Å². The van der Waals surface area contributed by atoms with Gasteiger partial charge in [0.2, 0.25) is 11.9 Å². The van der Waals surface area contributed by atoms with Crippen molar-refractivity contribution < 1.29 is 9.53 Å². The maximum Gasteiger partial charge on any atom is 0.230 e. The topological polar surface area (TPSA) is 81.3 Å². The zero-order valence-electron chi connectivity index (χ0n) is 11.0. The molecule has 0 atom stereocenters. The summed E-state index contributed by atoms with van der Waals surface area (Å²) in [6, 6.07) is 7.39. The molecule has 0 spiro atoms. The minimum atomic E-state index is 0.0306. The molecule has 2 heterocycles. The predicted octanol–water partition coefficient (Wildman–Crippen LogP) is 1.47. The molecular formula is C14H14N4O2. The summed E-state index contributed by atoms with van der Waals surface area (Å²) in [6.07, 6.45) is 1.98. The number of hydrogen-bond acceptors (Lipinski definition) is 5. The molecule has 1 aromatic carbocycles. The standard InChI is InChI=1S/C14H14N4O2/c1-18-11-8-9(10-4-6-16-14(15)17-10)2-3-12(11)20-7-5-13(18)19/h2-4,6,8H,5,7H2,1H3,(H2,15,16,17). The van der Waals surface area contributed by atoms with Crippen LogP contribution < -0.4 is 15.4 Å². The van der Waals surface area contributed by atoms with E-state index in [0.29, 0.717) is 24.5 Å². The number of rotatable bonds is 1. The Morgan fingerprint density at radius 2 is 2.20 bits per heavy atom. The third-order valence-electron chi connectivity index (χ3n) is 3.24. The Bertz CT molecular complexity index is 672. The summed E-state index contributed by atoms with van der Waals surface area (Å²) in [6.45, 7) is 0.399. The van der Waals surface area contributed by atoms with Crippen LogP contribution in [-0.4, -0.2) is 29.5 Å². The Balaban J connectivity index is 2.08. The largest absolute Gasteiger partial charge is 0.491 e. The van der Waals surface area contributed by atoms with Crippen LogP contribution in [0.3, 0.4) is 0 Å². The Hall–Kier alpha value is -2.63. The number of anilines is 2. The van der Waals surface area contributed by atoms with Crippen molar-refractivity contribution in [2.24, 2.45) is 0 Å². The zero-order valence-corrected chi connectivity index (χ0v) is 11.0. The highest BCUT2D eigenvalue weighted by atomic mass is 16.5. The first-order chi connectivity index (χ1) is 9.65. The number of benzene rings is 1. The van der Waals surface area contributed by atoms with Gasteiger partial charge in [-0.3, -0.25) is 4.79 Å². The zero-order chi connectivity index (χ0) is 14.1. The predicted molar refractivity (Wildman–Crippen MR) is 75.4 cm³/mol. The molecule has 0 unspecified atom stereocenters. The molecule has 2 N–H and O–H groups in total. The molecule has 6 heteroatoms. The molecule has 0 fully saturated rings. The van der Waals surface area contributed by atoms with Crippen LogP contribution in [0.1, 0.15) is 6.42 Å². The summed E-state index contributed by atoms with van der Waals surface area (Å²) in [7, 11) is 1.74. The van der Waals surface area contributed by atoms with E-state index in [4.69, 9.17) is 10.5 Å². The van der Waals surface area contributed by atoms with E-state index in [1.165, 1.54) is 0 Å². The minimum Gasteiger partial charge on any atom is -0.491 e. The average molecular weight is 270 g/mol. The molecular weight excluding hydrogens is 256 g/mol. The minimum absolute atomic E-state index is 0.0306. The highest BCUT2D eigenvalue weighted by Gasteiger charge is 2.20. The first-order valence-electron chi connectivity index (χ1n) is 6.27. The van der Waals surface area contributed by atoms with Crippen LogP contribution in [0.25, 0.3) is 11.3 Å². The van der Waals surface area contributed by atoms with Gasteiger partial charge in [0.25, 0.3) is 0 Å². The van der Waals surface area contributed by atoms with Crippen LogP contribution in [0.2, 0.25) is 0 Å². The number of ether oxygens (including phenoxy) is 1. The number of nitrogen functional groups attached to an aromatic ring is 1. The van der Waals surface area contributed by atoms with Gasteiger partial charge in [0, 0.05) is 18.8 Å². The summed E-state index contributed by atoms with van der Waals surface area (Å²) in [5, 5.41) is 0. The number of carbonyl (C=O) groups excluding carboxylic acids is 1. The van der Waals surface area contributed by atoms with Gasteiger partial charge in [-0.05, 0) is 24.3 Å². The molecule has 6 nitrogen and oxygen atoms in total. The second kappa shape index (κ2) is 4.80. The number of nitrogens with two attached hydrogens (primary N) is 1. The lowest BCUT2D eigenvalue weighted by atomic mass is 10.1. The molecule has 20 heavy (non-hydrogen) atoms. The fourth-order valence-corrected chi connectivity index (χ4v) is 2.15. The molecule has 1 aliphatic rings. The van der Waals surface area contributed by atoms with Crippen molar-refractivity contribution in [1.29, 1.82) is 0 Å². The number of aromatic nitrogens is 2. The van der Waals surface area contributed by atoms with Crippen molar-refractivity contribution in [2.45, 2.75) is 6.42 Å². The molecule has 1 aromatic heterocycles. The van der Waals surface area contributed by atoms with Gasteiger partial charge in [-0.25, -0.2) is 9.97 Å². The number of fused-ring (bicyclic) bond motifs is 1.